The third-order valence-corrected chi connectivity index (χ3v) is 11.0. The molecule has 0 aromatic heterocycles. The van der Waals surface area contributed by atoms with Crippen LogP contribution in [-0.2, 0) is 21.4 Å². The molecule has 1 saturated carbocycles. The van der Waals surface area contributed by atoms with Crippen molar-refractivity contribution in [2.45, 2.75) is 103 Å². The lowest BCUT2D eigenvalue weighted by Gasteiger charge is -2.44. The molecule has 2 N–H and O–H groups in total. The molecular weight excluding hydrogens is 677 g/mol. The number of benzene rings is 4. The first kappa shape index (κ1) is 38.8. The number of nitrogens with one attached hydrogen (secondary N) is 1. The summed E-state index contributed by atoms with van der Waals surface area (Å²) in [6.07, 6.45) is 4.73. The molecular formula is C46H55N2O6+. The molecule has 8 heteroatoms. The summed E-state index contributed by atoms with van der Waals surface area (Å²) in [6.45, 7) is 12.0. The summed E-state index contributed by atoms with van der Waals surface area (Å²) in [5, 5.41) is 13.3. The minimum atomic E-state index is -1.06. The van der Waals surface area contributed by atoms with Crippen LogP contribution in [-0.4, -0.2) is 46.4 Å². The lowest BCUT2D eigenvalue weighted by molar-refractivity contribution is -0.816. The van der Waals surface area contributed by atoms with Gasteiger partial charge < -0.3 is 19.9 Å². The quantitative estimate of drug-likeness (QED) is 0.166. The van der Waals surface area contributed by atoms with Crippen LogP contribution in [0.4, 0.5) is 9.59 Å². The third-order valence-electron chi connectivity index (χ3n) is 11.0. The molecule has 284 valence electrons. The van der Waals surface area contributed by atoms with Crippen LogP contribution in [0, 0.1) is 5.92 Å². The molecule has 1 aliphatic heterocycles. The molecule has 2 aliphatic rings. The van der Waals surface area contributed by atoms with E-state index in [4.69, 9.17) is 9.47 Å². The number of ether oxygens (including phenoxy) is 2. The molecule has 0 bridgehead atoms. The highest BCUT2D eigenvalue weighted by atomic mass is 16.6. The van der Waals surface area contributed by atoms with Crippen molar-refractivity contribution < 1.29 is 33.4 Å². The fourth-order valence-electron chi connectivity index (χ4n) is 8.00. The van der Waals surface area contributed by atoms with Crippen LogP contribution in [0.1, 0.15) is 108 Å². The van der Waals surface area contributed by atoms with Crippen molar-refractivity contribution in [2.24, 2.45) is 5.92 Å². The van der Waals surface area contributed by atoms with E-state index in [0.29, 0.717) is 35.8 Å². The fraction of sp³-hybridized carbons (Fsp3) is 0.413. The van der Waals surface area contributed by atoms with E-state index in [1.54, 1.807) is 32.9 Å². The Morgan fingerprint density at radius 3 is 2.06 bits per heavy atom. The van der Waals surface area contributed by atoms with E-state index in [2.05, 4.69) is 44.3 Å². The summed E-state index contributed by atoms with van der Waals surface area (Å²) in [7, 11) is 0. The first-order valence-corrected chi connectivity index (χ1v) is 19.3. The molecule has 2 unspecified atom stereocenters. The minimum Gasteiger partial charge on any atom is -0.481 e. The highest BCUT2D eigenvalue weighted by Crippen LogP contribution is 2.46. The number of hydrogen-bond donors (Lipinski definition) is 2. The number of hydrogen-bond acceptors (Lipinski definition) is 5. The smallest absolute Gasteiger partial charge is 0.481 e. The number of carbonyl (C=O) groups excluding carboxylic acids is 2. The molecule has 1 heterocycles. The summed E-state index contributed by atoms with van der Waals surface area (Å²) >= 11 is 0. The summed E-state index contributed by atoms with van der Waals surface area (Å²) in [5.74, 6) is -0.419. The van der Waals surface area contributed by atoms with Gasteiger partial charge in [0.05, 0.1) is 5.92 Å². The number of carboxylic acids is 1. The Balaban J connectivity index is 1.34. The monoisotopic (exact) mass is 731 g/mol. The van der Waals surface area contributed by atoms with E-state index in [0.717, 1.165) is 47.9 Å². The lowest BCUT2D eigenvalue weighted by Crippen LogP contribution is -2.66. The predicted molar refractivity (Wildman–Crippen MR) is 212 cm³/mol. The second-order valence-electron chi connectivity index (χ2n) is 17.0. The van der Waals surface area contributed by atoms with Gasteiger partial charge in [0.15, 0.2) is 0 Å². The number of rotatable bonds is 9. The van der Waals surface area contributed by atoms with E-state index in [1.165, 1.54) is 5.56 Å². The van der Waals surface area contributed by atoms with E-state index >= 15 is 0 Å². The summed E-state index contributed by atoms with van der Waals surface area (Å²) in [5.41, 5.74) is 4.89. The van der Waals surface area contributed by atoms with Gasteiger partial charge in [0.25, 0.3) is 0 Å². The molecule has 54 heavy (non-hydrogen) atoms. The maximum absolute atomic E-state index is 14.9. The molecule has 4 aromatic rings. The highest BCUT2D eigenvalue weighted by Gasteiger charge is 2.57. The van der Waals surface area contributed by atoms with Crippen LogP contribution >= 0.6 is 0 Å². The van der Waals surface area contributed by atoms with Gasteiger partial charge in [-0.3, -0.25) is 4.79 Å². The first-order chi connectivity index (χ1) is 25.6. The first-order valence-electron chi connectivity index (χ1n) is 19.3. The van der Waals surface area contributed by atoms with Crippen molar-refractivity contribution in [1.29, 1.82) is 0 Å². The van der Waals surface area contributed by atoms with Gasteiger partial charge in [0, 0.05) is 24.9 Å². The number of nitrogens with zero attached hydrogens (tertiary/aromatic N) is 1. The molecule has 0 radical (unpaired) electrons. The zero-order valence-electron chi connectivity index (χ0n) is 32.6. The molecule has 0 saturated heterocycles. The minimum absolute atomic E-state index is 0.0127. The lowest BCUT2D eigenvalue weighted by atomic mass is 9.84. The average Bonchev–Trinajstić information content (AvgIpc) is 3.65. The summed E-state index contributed by atoms with van der Waals surface area (Å²) in [4.78, 5) is 42.2. The Morgan fingerprint density at radius 1 is 0.815 bits per heavy atom. The largest absolute Gasteiger partial charge is 0.526 e. The fourth-order valence-corrected chi connectivity index (χ4v) is 8.00. The topological polar surface area (TPSA) is 102 Å². The van der Waals surface area contributed by atoms with Crippen LogP contribution in [0.25, 0.3) is 11.1 Å². The normalized spacial score (nSPS) is 19.4. The summed E-state index contributed by atoms with van der Waals surface area (Å²) < 4.78 is 11.9. The summed E-state index contributed by atoms with van der Waals surface area (Å²) in [6, 6.07) is 30.3. The van der Waals surface area contributed by atoms with E-state index < -0.39 is 40.1 Å². The van der Waals surface area contributed by atoms with Gasteiger partial charge in [-0.1, -0.05) is 119 Å². The molecule has 1 aliphatic carbocycles. The number of fused-ring (bicyclic) bond motifs is 1. The van der Waals surface area contributed by atoms with Crippen LogP contribution in [0.5, 0.6) is 11.5 Å². The molecule has 0 spiro atoms. The Bertz CT molecular complexity index is 1940. The van der Waals surface area contributed by atoms with Crippen LogP contribution in [0.3, 0.4) is 0 Å². The van der Waals surface area contributed by atoms with Crippen LogP contribution < -0.4 is 10.1 Å². The van der Waals surface area contributed by atoms with E-state index in [1.807, 2.05) is 66.7 Å². The SMILES string of the molecule is CC(C)(C)OC(=O)[N+]1(C(=O)NCC(C(=O)O)c2ccc(-c3ccccc3)cc2)CCc2ccc(Oc3ccc(C(C)(C)C)cc3)cc2[C@@H]1CC1CCCC1. The zero-order valence-corrected chi connectivity index (χ0v) is 32.6. The average molecular weight is 732 g/mol. The number of amides is 3. The Kier molecular flexibility index (Phi) is 11.3. The molecule has 6 rings (SSSR count). The third kappa shape index (κ3) is 8.71. The Hall–Kier alpha value is -4.95. The molecule has 1 fully saturated rings. The number of carbonyl (C=O) groups is 3. The number of imide groups is 1. The van der Waals surface area contributed by atoms with Gasteiger partial charge >= 0.3 is 18.1 Å². The van der Waals surface area contributed by atoms with Gasteiger partial charge in [0.2, 0.25) is 0 Å². The van der Waals surface area contributed by atoms with Crippen molar-refractivity contribution in [3.63, 3.8) is 0 Å². The Morgan fingerprint density at radius 2 is 1.44 bits per heavy atom. The second kappa shape index (κ2) is 15.8. The van der Waals surface area contributed by atoms with Crippen molar-refractivity contribution in [3.05, 3.63) is 119 Å². The number of quaternary nitrogens is 1. The van der Waals surface area contributed by atoms with E-state index in [9.17, 15) is 19.5 Å². The molecule has 3 amide bonds. The predicted octanol–water partition coefficient (Wildman–Crippen LogP) is 11.0. The van der Waals surface area contributed by atoms with Crippen molar-refractivity contribution in [3.8, 4) is 22.6 Å². The molecule has 8 nitrogen and oxygen atoms in total. The van der Waals surface area contributed by atoms with Gasteiger partial charge in [-0.2, -0.15) is 4.79 Å². The second-order valence-corrected chi connectivity index (χ2v) is 17.0. The van der Waals surface area contributed by atoms with Crippen LogP contribution in [0.15, 0.2) is 97.1 Å². The number of urea groups is 1. The van der Waals surface area contributed by atoms with Gasteiger partial charge in [0.1, 0.15) is 29.7 Å². The van der Waals surface area contributed by atoms with Gasteiger partial charge in [-0.15, -0.1) is 4.48 Å². The van der Waals surface area contributed by atoms with Crippen molar-refractivity contribution in [2.75, 3.05) is 13.1 Å². The van der Waals surface area contributed by atoms with Gasteiger partial charge in [-0.05, 0) is 84.2 Å². The standard InChI is InChI=1S/C46H54N2O6/c1-45(2,3)36-21-24-37(25-22-36)53-38-23-20-35-26-27-48(44(52)54-46(4,5)6,41(39(35)29-38)28-31-12-10-11-13-31)43(51)47-30-40(42(49)50)34-18-16-33(17-19-34)32-14-8-7-9-15-32/h7-9,14-25,29,31,40-41H,10-13,26-28,30H2,1-6H3,(H-,47,49,50,51)/p+1/t40?,41-,48?/m0/s1. The Labute approximate surface area is 320 Å². The number of aliphatic carboxylic acids is 1. The van der Waals surface area contributed by atoms with Crippen molar-refractivity contribution in [1.82, 2.24) is 5.32 Å². The van der Waals surface area contributed by atoms with Gasteiger partial charge in [-0.25, -0.2) is 4.79 Å². The van der Waals surface area contributed by atoms with Crippen LogP contribution in [0.2, 0.25) is 0 Å². The maximum atomic E-state index is 14.9. The highest BCUT2D eigenvalue weighted by molar-refractivity contribution is 5.82. The number of carboxylic acid groups (broad SMARTS) is 1. The zero-order chi connectivity index (χ0) is 38.7. The molecule has 3 atom stereocenters. The molecule has 4 aromatic carbocycles. The van der Waals surface area contributed by atoms with Crippen molar-refractivity contribution >= 4 is 18.1 Å². The van der Waals surface area contributed by atoms with E-state index in [-0.39, 0.29) is 18.5 Å². The maximum Gasteiger partial charge on any atom is 0.526 e.